The van der Waals surface area contributed by atoms with Crippen molar-refractivity contribution < 1.29 is 17.0 Å². The minimum atomic E-state index is 0. The van der Waals surface area contributed by atoms with Crippen LogP contribution in [0.3, 0.4) is 0 Å². The van der Waals surface area contributed by atoms with Crippen LogP contribution in [0.15, 0.2) is 35.8 Å². The van der Waals surface area contributed by atoms with Crippen molar-refractivity contribution in [1.82, 2.24) is 0 Å². The Balaban J connectivity index is 0.00000144. The van der Waals surface area contributed by atoms with Gasteiger partial charge in [-0.05, 0) is 0 Å². The minimum Gasteiger partial charge on any atom is -1.00 e. The molecule has 0 saturated carbocycles. The number of hydrogen-bond donors (Lipinski definition) is 0. The molecule has 0 aliphatic carbocycles. The van der Waals surface area contributed by atoms with E-state index in [0.717, 1.165) is 13.0 Å². The van der Waals surface area contributed by atoms with Crippen LogP contribution in [-0.2, 0) is 13.0 Å². The molecular formula is C13H15Cl2NS. The lowest BCUT2D eigenvalue weighted by Gasteiger charge is -1.97. The third-order valence-electron chi connectivity index (χ3n) is 2.67. The second kappa shape index (κ2) is 7.00. The predicted octanol–water partition coefficient (Wildman–Crippen LogP) is 0.178. The standard InChI is InChI=1S/C13H15ClNS.ClH/c1-11-13(7-8-14)16-10-15(11)9-12-5-3-2-4-6-12;/h2-6,10H,7-9H2,1H3;1H/q+1;/p-1. The number of hydrogen-bond acceptors (Lipinski definition) is 1. The van der Waals surface area contributed by atoms with Gasteiger partial charge in [-0.2, -0.15) is 4.57 Å². The molecule has 0 amide bonds. The first kappa shape index (κ1) is 14.5. The van der Waals surface area contributed by atoms with Gasteiger partial charge < -0.3 is 12.4 Å². The van der Waals surface area contributed by atoms with Crippen molar-refractivity contribution in [3.05, 3.63) is 52.0 Å². The first-order valence-corrected chi connectivity index (χ1v) is 6.79. The monoisotopic (exact) mass is 287 g/mol. The molecule has 0 aliphatic heterocycles. The van der Waals surface area contributed by atoms with E-state index in [-0.39, 0.29) is 12.4 Å². The normalized spacial score (nSPS) is 10.0. The molecule has 0 aliphatic rings. The minimum absolute atomic E-state index is 0. The highest BCUT2D eigenvalue weighted by atomic mass is 35.5. The largest absolute Gasteiger partial charge is 1.00 e. The number of aryl methyl sites for hydroxylation is 1. The lowest BCUT2D eigenvalue weighted by molar-refractivity contribution is -0.689. The van der Waals surface area contributed by atoms with Gasteiger partial charge >= 0.3 is 0 Å². The highest BCUT2D eigenvalue weighted by Gasteiger charge is 2.14. The summed E-state index contributed by atoms with van der Waals surface area (Å²) in [5.41, 5.74) is 4.87. The van der Waals surface area contributed by atoms with Crippen molar-refractivity contribution in [3.8, 4) is 0 Å². The number of alkyl halides is 1. The van der Waals surface area contributed by atoms with E-state index in [1.54, 1.807) is 11.3 Å². The molecule has 0 N–H and O–H groups in total. The smallest absolute Gasteiger partial charge is 0.225 e. The van der Waals surface area contributed by atoms with Gasteiger partial charge in [-0.3, -0.25) is 0 Å². The highest BCUT2D eigenvalue weighted by Crippen LogP contribution is 2.13. The topological polar surface area (TPSA) is 3.88 Å². The summed E-state index contributed by atoms with van der Waals surface area (Å²) in [6.07, 6.45) is 0.972. The molecule has 4 heteroatoms. The molecule has 1 heterocycles. The fourth-order valence-electron chi connectivity index (χ4n) is 1.71. The van der Waals surface area contributed by atoms with Crippen molar-refractivity contribution in [2.75, 3.05) is 5.88 Å². The summed E-state index contributed by atoms with van der Waals surface area (Å²) in [6.45, 7) is 3.12. The number of rotatable bonds is 4. The van der Waals surface area contributed by atoms with Gasteiger partial charge in [-0.1, -0.05) is 41.7 Å². The van der Waals surface area contributed by atoms with E-state index in [9.17, 15) is 0 Å². The van der Waals surface area contributed by atoms with Gasteiger partial charge in [-0.25, -0.2) is 0 Å². The maximum atomic E-state index is 5.77. The zero-order valence-electron chi connectivity index (χ0n) is 9.70. The Morgan fingerprint density at radius 2 is 1.94 bits per heavy atom. The van der Waals surface area contributed by atoms with Crippen LogP contribution in [0.1, 0.15) is 16.1 Å². The molecule has 0 fully saturated rings. The SMILES string of the molecule is Cc1c(CCCl)sc[n+]1Cc1ccccc1.[Cl-]. The fraction of sp³-hybridized carbons (Fsp3) is 0.308. The van der Waals surface area contributed by atoms with Crippen molar-refractivity contribution in [1.29, 1.82) is 0 Å². The van der Waals surface area contributed by atoms with E-state index in [1.165, 1.54) is 16.1 Å². The molecule has 92 valence electrons. The number of nitrogens with zero attached hydrogens (tertiary/aromatic N) is 1. The number of thiazole rings is 1. The van der Waals surface area contributed by atoms with Gasteiger partial charge in [-0.15, -0.1) is 11.6 Å². The summed E-state index contributed by atoms with van der Waals surface area (Å²) in [7, 11) is 0. The summed E-state index contributed by atoms with van der Waals surface area (Å²) >= 11 is 7.57. The second-order valence-corrected chi connectivity index (χ2v) is 5.10. The second-order valence-electron chi connectivity index (χ2n) is 3.78. The van der Waals surface area contributed by atoms with Gasteiger partial charge in [0.1, 0.15) is 0 Å². The summed E-state index contributed by atoms with van der Waals surface area (Å²) in [6, 6.07) is 10.5. The van der Waals surface area contributed by atoms with Gasteiger partial charge in [0.05, 0.1) is 4.88 Å². The Kier molecular flexibility index (Phi) is 5.96. The lowest BCUT2D eigenvalue weighted by atomic mass is 10.2. The Morgan fingerprint density at radius 3 is 2.59 bits per heavy atom. The van der Waals surface area contributed by atoms with Crippen molar-refractivity contribution in [2.45, 2.75) is 19.9 Å². The van der Waals surface area contributed by atoms with Crippen molar-refractivity contribution in [3.63, 3.8) is 0 Å². The zero-order valence-corrected chi connectivity index (χ0v) is 12.0. The van der Waals surface area contributed by atoms with Crippen LogP contribution in [0.25, 0.3) is 0 Å². The maximum absolute atomic E-state index is 5.77. The first-order valence-electron chi connectivity index (χ1n) is 5.37. The number of benzene rings is 1. The van der Waals surface area contributed by atoms with Crippen molar-refractivity contribution in [2.24, 2.45) is 0 Å². The Morgan fingerprint density at radius 1 is 1.24 bits per heavy atom. The van der Waals surface area contributed by atoms with Crippen LogP contribution >= 0.6 is 22.9 Å². The molecule has 0 unspecified atom stereocenters. The molecule has 1 aromatic carbocycles. The third kappa shape index (κ3) is 3.70. The van der Waals surface area contributed by atoms with E-state index in [4.69, 9.17) is 11.6 Å². The molecule has 2 aromatic rings. The molecular weight excluding hydrogens is 273 g/mol. The Bertz CT molecular complexity index is 454. The predicted molar refractivity (Wildman–Crippen MR) is 69.2 cm³/mol. The van der Waals surface area contributed by atoms with E-state index in [2.05, 4.69) is 41.3 Å². The van der Waals surface area contributed by atoms with E-state index in [0.29, 0.717) is 5.88 Å². The summed E-state index contributed by atoms with van der Waals surface area (Å²) in [5.74, 6) is 0.701. The first-order chi connectivity index (χ1) is 7.81. The van der Waals surface area contributed by atoms with Crippen LogP contribution in [-0.4, -0.2) is 5.88 Å². The molecule has 0 radical (unpaired) electrons. The maximum Gasteiger partial charge on any atom is 0.225 e. The molecule has 0 saturated heterocycles. The third-order valence-corrected chi connectivity index (χ3v) is 4.01. The summed E-state index contributed by atoms with van der Waals surface area (Å²) < 4.78 is 2.29. The molecule has 1 aromatic heterocycles. The molecule has 1 nitrogen and oxygen atoms in total. The lowest BCUT2D eigenvalue weighted by Crippen LogP contribution is -3.00. The van der Waals surface area contributed by atoms with Crippen LogP contribution in [0.4, 0.5) is 0 Å². The van der Waals surface area contributed by atoms with Crippen LogP contribution in [0.5, 0.6) is 0 Å². The molecule has 0 atom stereocenters. The molecule has 17 heavy (non-hydrogen) atoms. The quantitative estimate of drug-likeness (QED) is 0.558. The van der Waals surface area contributed by atoms with Gasteiger partial charge in [0, 0.05) is 24.8 Å². The van der Waals surface area contributed by atoms with E-state index >= 15 is 0 Å². The average molecular weight is 288 g/mol. The van der Waals surface area contributed by atoms with E-state index in [1.807, 2.05) is 6.07 Å². The number of aromatic nitrogens is 1. The molecule has 0 spiro atoms. The fourth-order valence-corrected chi connectivity index (χ4v) is 3.01. The molecule has 0 bridgehead atoms. The van der Waals surface area contributed by atoms with E-state index < -0.39 is 0 Å². The van der Waals surface area contributed by atoms with Crippen molar-refractivity contribution >= 4 is 22.9 Å². The molecule has 2 rings (SSSR count). The highest BCUT2D eigenvalue weighted by molar-refractivity contribution is 7.09. The van der Waals surface area contributed by atoms with Crippen LogP contribution in [0.2, 0.25) is 0 Å². The zero-order chi connectivity index (χ0) is 11.4. The Hall–Kier alpha value is -0.570. The average Bonchev–Trinajstić information content (AvgIpc) is 2.64. The van der Waals surface area contributed by atoms with Gasteiger partial charge in [0.25, 0.3) is 0 Å². The van der Waals surface area contributed by atoms with Gasteiger partial charge in [0.2, 0.25) is 5.51 Å². The summed E-state index contributed by atoms with van der Waals surface area (Å²) in [4.78, 5) is 1.39. The number of halogens is 2. The van der Waals surface area contributed by atoms with Crippen LogP contribution < -0.4 is 17.0 Å². The van der Waals surface area contributed by atoms with Gasteiger partial charge in [0.15, 0.2) is 12.2 Å². The van der Waals surface area contributed by atoms with Crippen LogP contribution in [0, 0.1) is 6.92 Å². The Labute approximate surface area is 117 Å². The summed E-state index contributed by atoms with van der Waals surface area (Å²) in [5, 5.41) is 0.